The van der Waals surface area contributed by atoms with Crippen LogP contribution in [0.2, 0.25) is 0 Å². The lowest BCUT2D eigenvalue weighted by molar-refractivity contribution is -0.138. The molecule has 0 spiro atoms. The standard InChI is InChI=1S/C15H22N4O3/c16-11(15(21)22)5-6-14(20)18-12-3-1-2-4-13(12)19-9-7-17-8-10-19/h1-4,11,17H,5-10,16H2,(H,18,20)(H,21,22)/t11-/m0/s1. The first kappa shape index (κ1) is 16.3. The van der Waals surface area contributed by atoms with Crippen molar-refractivity contribution in [1.82, 2.24) is 5.32 Å². The summed E-state index contributed by atoms with van der Waals surface area (Å²) in [4.78, 5) is 24.9. The van der Waals surface area contributed by atoms with Gasteiger partial charge < -0.3 is 26.4 Å². The Morgan fingerprint density at radius 1 is 1.32 bits per heavy atom. The van der Waals surface area contributed by atoms with Gasteiger partial charge in [-0.15, -0.1) is 0 Å². The number of rotatable bonds is 6. The topological polar surface area (TPSA) is 108 Å². The molecule has 0 unspecified atom stereocenters. The second-order valence-electron chi connectivity index (χ2n) is 5.29. The van der Waals surface area contributed by atoms with E-state index in [-0.39, 0.29) is 18.7 Å². The minimum absolute atomic E-state index is 0.0867. The number of nitrogens with zero attached hydrogens (tertiary/aromatic N) is 1. The minimum atomic E-state index is -1.09. The SMILES string of the molecule is N[C@@H](CCC(=O)Nc1ccccc1N1CCNCC1)C(=O)O. The van der Waals surface area contributed by atoms with Crippen LogP contribution in [-0.2, 0) is 9.59 Å². The van der Waals surface area contributed by atoms with Crippen LogP contribution in [0.5, 0.6) is 0 Å². The number of nitrogens with one attached hydrogen (secondary N) is 2. The molecule has 1 aliphatic heterocycles. The van der Waals surface area contributed by atoms with E-state index in [2.05, 4.69) is 15.5 Å². The van der Waals surface area contributed by atoms with Crippen LogP contribution < -0.4 is 21.3 Å². The Labute approximate surface area is 129 Å². The van der Waals surface area contributed by atoms with E-state index in [9.17, 15) is 9.59 Å². The number of piperazine rings is 1. The molecular formula is C15H22N4O3. The highest BCUT2D eigenvalue weighted by Crippen LogP contribution is 2.26. The van der Waals surface area contributed by atoms with E-state index in [4.69, 9.17) is 10.8 Å². The summed E-state index contributed by atoms with van der Waals surface area (Å²) in [6.45, 7) is 3.60. The van der Waals surface area contributed by atoms with Crippen LogP contribution in [0.3, 0.4) is 0 Å². The van der Waals surface area contributed by atoms with Crippen LogP contribution in [0, 0.1) is 0 Å². The van der Waals surface area contributed by atoms with E-state index < -0.39 is 12.0 Å². The summed E-state index contributed by atoms with van der Waals surface area (Å²) in [7, 11) is 0. The molecule has 0 aromatic heterocycles. The van der Waals surface area contributed by atoms with Crippen LogP contribution in [0.1, 0.15) is 12.8 Å². The highest BCUT2D eigenvalue weighted by molar-refractivity contribution is 5.94. The van der Waals surface area contributed by atoms with Gasteiger partial charge in [-0.25, -0.2) is 0 Å². The highest BCUT2D eigenvalue weighted by Gasteiger charge is 2.17. The van der Waals surface area contributed by atoms with E-state index >= 15 is 0 Å². The molecule has 2 rings (SSSR count). The van der Waals surface area contributed by atoms with Gasteiger partial charge in [0.1, 0.15) is 6.04 Å². The monoisotopic (exact) mass is 306 g/mol. The van der Waals surface area contributed by atoms with Crippen LogP contribution in [0.15, 0.2) is 24.3 Å². The summed E-state index contributed by atoms with van der Waals surface area (Å²) in [5.41, 5.74) is 7.14. The van der Waals surface area contributed by atoms with Gasteiger partial charge in [-0.2, -0.15) is 0 Å². The van der Waals surface area contributed by atoms with Gasteiger partial charge in [0.25, 0.3) is 0 Å². The van der Waals surface area contributed by atoms with Crippen molar-refractivity contribution in [3.8, 4) is 0 Å². The number of carbonyl (C=O) groups excluding carboxylic acids is 1. The number of amides is 1. The highest BCUT2D eigenvalue weighted by atomic mass is 16.4. The number of carbonyl (C=O) groups is 2. The molecule has 0 bridgehead atoms. The number of benzene rings is 1. The van der Waals surface area contributed by atoms with Gasteiger partial charge in [0.15, 0.2) is 0 Å². The summed E-state index contributed by atoms with van der Waals surface area (Å²) < 4.78 is 0. The van der Waals surface area contributed by atoms with Crippen LogP contribution in [0.4, 0.5) is 11.4 Å². The zero-order valence-electron chi connectivity index (χ0n) is 12.4. The van der Waals surface area contributed by atoms with Crippen molar-refractivity contribution in [1.29, 1.82) is 0 Å². The van der Waals surface area contributed by atoms with Gasteiger partial charge in [-0.05, 0) is 18.6 Å². The number of hydrogen-bond donors (Lipinski definition) is 4. The van der Waals surface area contributed by atoms with Crippen molar-refractivity contribution in [2.75, 3.05) is 36.4 Å². The molecule has 1 atom stereocenters. The summed E-state index contributed by atoms with van der Waals surface area (Å²) in [6.07, 6.45) is 0.209. The summed E-state index contributed by atoms with van der Waals surface area (Å²) >= 11 is 0. The Morgan fingerprint density at radius 2 is 2.00 bits per heavy atom. The third-order valence-corrected chi connectivity index (χ3v) is 3.64. The number of carboxylic acid groups (broad SMARTS) is 1. The zero-order chi connectivity index (χ0) is 15.9. The molecule has 0 saturated carbocycles. The van der Waals surface area contributed by atoms with Crippen molar-refractivity contribution in [2.24, 2.45) is 5.73 Å². The lowest BCUT2D eigenvalue weighted by Gasteiger charge is -2.31. The molecule has 5 N–H and O–H groups in total. The van der Waals surface area contributed by atoms with Crippen LogP contribution in [0.25, 0.3) is 0 Å². The Balaban J connectivity index is 1.97. The normalized spacial score (nSPS) is 16.1. The summed E-state index contributed by atoms with van der Waals surface area (Å²) in [5.74, 6) is -1.31. The second-order valence-corrected chi connectivity index (χ2v) is 5.29. The Hall–Kier alpha value is -2.12. The molecule has 1 amide bonds. The molecule has 0 radical (unpaired) electrons. The summed E-state index contributed by atoms with van der Waals surface area (Å²) in [6, 6.07) is 6.63. The first-order valence-corrected chi connectivity index (χ1v) is 7.41. The first-order chi connectivity index (χ1) is 10.6. The molecule has 1 aliphatic rings. The van der Waals surface area contributed by atoms with Crippen molar-refractivity contribution in [3.63, 3.8) is 0 Å². The van der Waals surface area contributed by atoms with Gasteiger partial charge in [0, 0.05) is 32.6 Å². The Kier molecular flexibility index (Phi) is 5.74. The maximum Gasteiger partial charge on any atom is 0.320 e. The van der Waals surface area contributed by atoms with Crippen molar-refractivity contribution in [3.05, 3.63) is 24.3 Å². The maximum atomic E-state index is 12.0. The fraction of sp³-hybridized carbons (Fsp3) is 0.467. The molecule has 1 aromatic rings. The first-order valence-electron chi connectivity index (χ1n) is 7.41. The molecular weight excluding hydrogens is 284 g/mol. The van der Waals surface area contributed by atoms with Crippen molar-refractivity contribution < 1.29 is 14.7 Å². The van der Waals surface area contributed by atoms with E-state index in [1.807, 2.05) is 24.3 Å². The molecule has 22 heavy (non-hydrogen) atoms. The lowest BCUT2D eigenvalue weighted by Crippen LogP contribution is -2.43. The zero-order valence-corrected chi connectivity index (χ0v) is 12.4. The molecule has 7 nitrogen and oxygen atoms in total. The van der Waals surface area contributed by atoms with E-state index in [0.717, 1.165) is 37.6 Å². The van der Waals surface area contributed by atoms with E-state index in [1.165, 1.54) is 0 Å². The number of anilines is 2. The molecule has 120 valence electrons. The molecule has 0 aliphatic carbocycles. The average molecular weight is 306 g/mol. The fourth-order valence-electron chi connectivity index (χ4n) is 2.38. The van der Waals surface area contributed by atoms with Crippen LogP contribution >= 0.6 is 0 Å². The number of aliphatic carboxylic acids is 1. The Morgan fingerprint density at radius 3 is 2.68 bits per heavy atom. The van der Waals surface area contributed by atoms with Crippen LogP contribution in [-0.4, -0.2) is 49.2 Å². The van der Waals surface area contributed by atoms with Crippen molar-refractivity contribution >= 4 is 23.3 Å². The second kappa shape index (κ2) is 7.77. The van der Waals surface area contributed by atoms with E-state index in [1.54, 1.807) is 0 Å². The lowest BCUT2D eigenvalue weighted by atomic mass is 10.1. The number of carboxylic acids is 1. The summed E-state index contributed by atoms with van der Waals surface area (Å²) in [5, 5.41) is 14.9. The number of para-hydroxylation sites is 2. The third-order valence-electron chi connectivity index (χ3n) is 3.64. The predicted molar refractivity (Wildman–Crippen MR) is 85.0 cm³/mol. The quantitative estimate of drug-likeness (QED) is 0.599. The fourth-order valence-corrected chi connectivity index (χ4v) is 2.38. The third kappa shape index (κ3) is 4.44. The Bertz CT molecular complexity index is 529. The van der Waals surface area contributed by atoms with Gasteiger partial charge in [-0.3, -0.25) is 9.59 Å². The van der Waals surface area contributed by atoms with Crippen molar-refractivity contribution in [2.45, 2.75) is 18.9 Å². The molecule has 7 heteroatoms. The van der Waals surface area contributed by atoms with Gasteiger partial charge in [0.05, 0.1) is 11.4 Å². The minimum Gasteiger partial charge on any atom is -0.480 e. The molecule has 1 aromatic carbocycles. The van der Waals surface area contributed by atoms with Gasteiger partial charge in [0.2, 0.25) is 5.91 Å². The van der Waals surface area contributed by atoms with Gasteiger partial charge in [-0.1, -0.05) is 12.1 Å². The van der Waals surface area contributed by atoms with E-state index in [0.29, 0.717) is 0 Å². The molecule has 1 saturated heterocycles. The smallest absolute Gasteiger partial charge is 0.320 e. The number of hydrogen-bond acceptors (Lipinski definition) is 5. The molecule has 1 heterocycles. The largest absolute Gasteiger partial charge is 0.480 e. The average Bonchev–Trinajstić information content (AvgIpc) is 2.54. The number of nitrogens with two attached hydrogens (primary N) is 1. The predicted octanol–water partition coefficient (Wildman–Crippen LogP) is 0.227. The molecule has 1 fully saturated rings. The van der Waals surface area contributed by atoms with Gasteiger partial charge >= 0.3 is 5.97 Å². The maximum absolute atomic E-state index is 12.0.